The number of hydrogen-bond donors (Lipinski definition) is 1. The highest BCUT2D eigenvalue weighted by Crippen LogP contribution is 2.20. The number of methoxy groups -OCH3 is 1. The largest absolute Gasteiger partial charge is 0.392 e. The van der Waals surface area contributed by atoms with Crippen molar-refractivity contribution in [2.24, 2.45) is 0 Å². The molecule has 1 aromatic carbocycles. The molecule has 0 aliphatic heterocycles. The number of rotatable bonds is 7. The van der Waals surface area contributed by atoms with E-state index in [9.17, 15) is 4.39 Å². The van der Waals surface area contributed by atoms with Crippen LogP contribution in [0, 0.1) is 5.82 Å². The van der Waals surface area contributed by atoms with Crippen LogP contribution in [0.5, 0.6) is 0 Å². The van der Waals surface area contributed by atoms with E-state index >= 15 is 0 Å². The summed E-state index contributed by atoms with van der Waals surface area (Å²) < 4.78 is 18.8. The molecular formula is C13H18FNO2. The zero-order valence-electron chi connectivity index (χ0n) is 10.0. The number of nitrogens with zero attached hydrogens (tertiary/aromatic N) is 1. The predicted molar refractivity (Wildman–Crippen MR) is 66.6 cm³/mol. The van der Waals surface area contributed by atoms with Gasteiger partial charge in [0.1, 0.15) is 5.82 Å². The third-order valence-electron chi connectivity index (χ3n) is 2.45. The lowest BCUT2D eigenvalue weighted by Crippen LogP contribution is -2.28. The van der Waals surface area contributed by atoms with E-state index in [1.54, 1.807) is 25.3 Å². The lowest BCUT2D eigenvalue weighted by molar-refractivity contribution is 0.205. The number of ether oxygens (including phenoxy) is 1. The van der Waals surface area contributed by atoms with Crippen LogP contribution in [0.4, 0.5) is 10.1 Å². The number of benzene rings is 1. The summed E-state index contributed by atoms with van der Waals surface area (Å²) in [6.45, 7) is 5.17. The van der Waals surface area contributed by atoms with Gasteiger partial charge in [0.25, 0.3) is 0 Å². The minimum absolute atomic E-state index is 0.156. The van der Waals surface area contributed by atoms with Gasteiger partial charge in [-0.25, -0.2) is 4.39 Å². The highest BCUT2D eigenvalue weighted by Gasteiger charge is 2.10. The van der Waals surface area contributed by atoms with E-state index in [1.165, 1.54) is 6.07 Å². The zero-order chi connectivity index (χ0) is 12.7. The highest BCUT2D eigenvalue weighted by molar-refractivity contribution is 5.49. The highest BCUT2D eigenvalue weighted by atomic mass is 19.1. The first-order valence-electron chi connectivity index (χ1n) is 5.47. The Kier molecular flexibility index (Phi) is 5.66. The Balaban J connectivity index is 2.88. The molecule has 0 amide bonds. The number of anilines is 1. The molecule has 0 spiro atoms. The third kappa shape index (κ3) is 3.84. The molecule has 1 rings (SSSR count). The quantitative estimate of drug-likeness (QED) is 0.738. The normalized spacial score (nSPS) is 10.3. The Morgan fingerprint density at radius 1 is 1.53 bits per heavy atom. The van der Waals surface area contributed by atoms with E-state index in [-0.39, 0.29) is 12.4 Å². The summed E-state index contributed by atoms with van der Waals surface area (Å²) in [5, 5.41) is 8.92. The minimum atomic E-state index is -0.338. The average Bonchev–Trinajstić information content (AvgIpc) is 2.34. The number of aliphatic hydroxyl groups is 1. The Morgan fingerprint density at radius 2 is 2.29 bits per heavy atom. The van der Waals surface area contributed by atoms with Crippen molar-refractivity contribution in [3.8, 4) is 0 Å². The molecule has 17 heavy (non-hydrogen) atoms. The van der Waals surface area contributed by atoms with Crippen LogP contribution in [0.1, 0.15) is 5.56 Å². The molecule has 0 atom stereocenters. The van der Waals surface area contributed by atoms with Crippen LogP contribution in [-0.2, 0) is 11.3 Å². The van der Waals surface area contributed by atoms with Crippen LogP contribution in [0.2, 0.25) is 0 Å². The summed E-state index contributed by atoms with van der Waals surface area (Å²) in [5.41, 5.74) is 1.07. The number of aliphatic hydroxyl groups excluding tert-OH is 1. The second kappa shape index (κ2) is 7.04. The SMILES string of the molecule is C=CCN(CCOC)c1ccc(CO)cc1F. The molecule has 0 aliphatic rings. The summed E-state index contributed by atoms with van der Waals surface area (Å²) in [6, 6.07) is 4.72. The monoisotopic (exact) mass is 239 g/mol. The second-order valence-electron chi connectivity index (χ2n) is 3.67. The first kappa shape index (κ1) is 13.7. The van der Waals surface area contributed by atoms with Gasteiger partial charge in [-0.15, -0.1) is 6.58 Å². The smallest absolute Gasteiger partial charge is 0.146 e. The van der Waals surface area contributed by atoms with E-state index in [0.29, 0.717) is 30.9 Å². The molecule has 0 aliphatic carbocycles. The predicted octanol–water partition coefficient (Wildman–Crippen LogP) is 1.96. The van der Waals surface area contributed by atoms with Crippen molar-refractivity contribution in [2.75, 3.05) is 31.7 Å². The van der Waals surface area contributed by atoms with Crippen molar-refractivity contribution in [3.63, 3.8) is 0 Å². The molecular weight excluding hydrogens is 221 g/mol. The van der Waals surface area contributed by atoms with Crippen LogP contribution in [-0.4, -0.2) is 31.9 Å². The molecule has 0 aromatic heterocycles. The van der Waals surface area contributed by atoms with Crippen LogP contribution in [0.25, 0.3) is 0 Å². The van der Waals surface area contributed by atoms with Gasteiger partial charge < -0.3 is 14.7 Å². The Morgan fingerprint density at radius 3 is 2.82 bits per heavy atom. The summed E-state index contributed by atoms with van der Waals surface area (Å²) in [6.07, 6.45) is 1.72. The van der Waals surface area contributed by atoms with Crippen LogP contribution in [0.15, 0.2) is 30.9 Å². The Labute approximate surface area is 101 Å². The molecule has 1 aromatic rings. The van der Waals surface area contributed by atoms with Crippen LogP contribution in [0.3, 0.4) is 0 Å². The molecule has 0 heterocycles. The molecule has 4 heteroatoms. The maximum absolute atomic E-state index is 13.8. The molecule has 3 nitrogen and oxygen atoms in total. The van der Waals surface area contributed by atoms with Gasteiger partial charge >= 0.3 is 0 Å². The van der Waals surface area contributed by atoms with Gasteiger partial charge in [0.15, 0.2) is 0 Å². The van der Waals surface area contributed by atoms with Crippen molar-refractivity contribution in [1.82, 2.24) is 0 Å². The van der Waals surface area contributed by atoms with Crippen LogP contribution >= 0.6 is 0 Å². The molecule has 0 bridgehead atoms. The summed E-state index contributed by atoms with van der Waals surface area (Å²) >= 11 is 0. The summed E-state index contributed by atoms with van der Waals surface area (Å²) in [7, 11) is 1.61. The molecule has 94 valence electrons. The molecule has 0 saturated carbocycles. The lowest BCUT2D eigenvalue weighted by atomic mass is 10.2. The van der Waals surface area contributed by atoms with Crippen molar-refractivity contribution in [3.05, 3.63) is 42.2 Å². The fraction of sp³-hybridized carbons (Fsp3) is 0.385. The van der Waals surface area contributed by atoms with Crippen molar-refractivity contribution < 1.29 is 14.2 Å². The number of halogens is 1. The number of hydrogen-bond acceptors (Lipinski definition) is 3. The van der Waals surface area contributed by atoms with Crippen molar-refractivity contribution in [1.29, 1.82) is 0 Å². The van der Waals surface area contributed by atoms with E-state index in [2.05, 4.69) is 6.58 Å². The van der Waals surface area contributed by atoms with Gasteiger partial charge in [0.05, 0.1) is 18.9 Å². The fourth-order valence-electron chi connectivity index (χ4n) is 1.57. The Hall–Kier alpha value is -1.39. The molecule has 0 unspecified atom stereocenters. The summed E-state index contributed by atoms with van der Waals surface area (Å²) in [4.78, 5) is 1.84. The van der Waals surface area contributed by atoms with E-state index in [0.717, 1.165) is 0 Å². The lowest BCUT2D eigenvalue weighted by Gasteiger charge is -2.23. The van der Waals surface area contributed by atoms with Gasteiger partial charge in [-0.05, 0) is 17.7 Å². The second-order valence-corrected chi connectivity index (χ2v) is 3.67. The maximum Gasteiger partial charge on any atom is 0.146 e. The van der Waals surface area contributed by atoms with E-state index in [4.69, 9.17) is 9.84 Å². The van der Waals surface area contributed by atoms with Gasteiger partial charge in [0, 0.05) is 20.2 Å². The van der Waals surface area contributed by atoms with Gasteiger partial charge in [-0.2, -0.15) is 0 Å². The standard InChI is InChI=1S/C13H18FNO2/c1-3-6-15(7-8-17-2)13-5-4-11(10-16)9-12(13)14/h3-5,9,16H,1,6-8,10H2,2H3. The zero-order valence-corrected chi connectivity index (χ0v) is 10.0. The van der Waals surface area contributed by atoms with E-state index in [1.807, 2.05) is 4.90 Å². The van der Waals surface area contributed by atoms with Crippen molar-refractivity contribution >= 4 is 5.69 Å². The average molecular weight is 239 g/mol. The fourth-order valence-corrected chi connectivity index (χ4v) is 1.57. The van der Waals surface area contributed by atoms with Crippen molar-refractivity contribution in [2.45, 2.75) is 6.61 Å². The molecule has 0 radical (unpaired) electrons. The first-order chi connectivity index (χ1) is 8.22. The van der Waals surface area contributed by atoms with Gasteiger partial charge in [-0.3, -0.25) is 0 Å². The summed E-state index contributed by atoms with van der Waals surface area (Å²) in [5.74, 6) is -0.338. The molecule has 1 N–H and O–H groups in total. The maximum atomic E-state index is 13.8. The topological polar surface area (TPSA) is 32.7 Å². The van der Waals surface area contributed by atoms with Gasteiger partial charge in [0.2, 0.25) is 0 Å². The molecule has 0 saturated heterocycles. The van der Waals surface area contributed by atoms with Gasteiger partial charge in [-0.1, -0.05) is 12.1 Å². The minimum Gasteiger partial charge on any atom is -0.392 e. The van der Waals surface area contributed by atoms with E-state index < -0.39 is 0 Å². The first-order valence-corrected chi connectivity index (χ1v) is 5.47. The van der Waals surface area contributed by atoms with Crippen LogP contribution < -0.4 is 4.90 Å². The molecule has 0 fully saturated rings. The third-order valence-corrected chi connectivity index (χ3v) is 2.45. The Bertz CT molecular complexity index is 368.